The van der Waals surface area contributed by atoms with E-state index in [0.717, 1.165) is 38.7 Å². The van der Waals surface area contributed by atoms with Crippen LogP contribution in [0.4, 0.5) is 8.78 Å². The van der Waals surface area contributed by atoms with Crippen molar-refractivity contribution in [2.24, 2.45) is 0 Å². The molecule has 0 bridgehead atoms. The van der Waals surface area contributed by atoms with Crippen LogP contribution in [-0.2, 0) is 6.42 Å². The van der Waals surface area contributed by atoms with Crippen molar-refractivity contribution >= 4 is 0 Å². The maximum Gasteiger partial charge on any atom is 0.126 e. The molecule has 0 aliphatic carbocycles. The maximum atomic E-state index is 13.7. The Labute approximate surface area is 121 Å². The van der Waals surface area contributed by atoms with Gasteiger partial charge < -0.3 is 10.2 Å². The fourth-order valence-corrected chi connectivity index (χ4v) is 2.41. The molecule has 1 N–H and O–H groups in total. The normalized spacial score (nSPS) is 12.9. The van der Waals surface area contributed by atoms with E-state index in [2.05, 4.69) is 24.1 Å². The van der Waals surface area contributed by atoms with Crippen LogP contribution < -0.4 is 5.32 Å². The average molecular weight is 284 g/mol. The van der Waals surface area contributed by atoms with E-state index in [9.17, 15) is 8.78 Å². The van der Waals surface area contributed by atoms with Crippen LogP contribution in [0, 0.1) is 11.6 Å². The van der Waals surface area contributed by atoms with Gasteiger partial charge in [-0.25, -0.2) is 8.78 Å². The standard InChI is InChI=1S/C16H26F2N2/c1-4-19-15(9-10-20(5-2)6-3)12-13-11-14(17)7-8-16(13)18/h7-8,11,15,19H,4-6,9-10,12H2,1-3H3. The Bertz CT molecular complexity index is 392. The lowest BCUT2D eigenvalue weighted by atomic mass is 10.0. The fourth-order valence-electron chi connectivity index (χ4n) is 2.41. The summed E-state index contributed by atoms with van der Waals surface area (Å²) in [6.07, 6.45) is 1.46. The molecule has 0 saturated heterocycles. The smallest absolute Gasteiger partial charge is 0.126 e. The molecule has 1 rings (SSSR count). The summed E-state index contributed by atoms with van der Waals surface area (Å²) < 4.78 is 26.9. The SMILES string of the molecule is CCNC(CCN(CC)CC)Cc1cc(F)ccc1F. The lowest BCUT2D eigenvalue weighted by molar-refractivity contribution is 0.280. The predicted octanol–water partition coefficient (Wildman–Crippen LogP) is 3.22. The Hall–Kier alpha value is -1.00. The van der Waals surface area contributed by atoms with E-state index in [-0.39, 0.29) is 17.7 Å². The van der Waals surface area contributed by atoms with E-state index in [0.29, 0.717) is 12.0 Å². The minimum absolute atomic E-state index is 0.178. The zero-order valence-corrected chi connectivity index (χ0v) is 12.8. The lowest BCUT2D eigenvalue weighted by Gasteiger charge is -2.23. The van der Waals surface area contributed by atoms with Gasteiger partial charge in [-0.15, -0.1) is 0 Å². The molecule has 0 saturated carbocycles. The summed E-state index contributed by atoms with van der Waals surface area (Å²) in [6, 6.07) is 3.85. The molecule has 4 heteroatoms. The average Bonchev–Trinajstić information content (AvgIpc) is 2.44. The second-order valence-corrected chi connectivity index (χ2v) is 5.01. The van der Waals surface area contributed by atoms with Gasteiger partial charge in [-0.3, -0.25) is 0 Å². The van der Waals surface area contributed by atoms with Crippen LogP contribution in [-0.4, -0.2) is 37.1 Å². The second-order valence-electron chi connectivity index (χ2n) is 5.01. The highest BCUT2D eigenvalue weighted by atomic mass is 19.1. The van der Waals surface area contributed by atoms with Crippen LogP contribution in [0.5, 0.6) is 0 Å². The van der Waals surface area contributed by atoms with Crippen molar-refractivity contribution in [2.75, 3.05) is 26.2 Å². The monoisotopic (exact) mass is 284 g/mol. The number of likely N-dealkylation sites (N-methyl/N-ethyl adjacent to an activating group) is 1. The highest BCUT2D eigenvalue weighted by molar-refractivity contribution is 5.19. The van der Waals surface area contributed by atoms with E-state index in [1.165, 1.54) is 12.1 Å². The zero-order chi connectivity index (χ0) is 15.0. The largest absolute Gasteiger partial charge is 0.314 e. The van der Waals surface area contributed by atoms with E-state index < -0.39 is 0 Å². The Morgan fingerprint density at radius 3 is 2.45 bits per heavy atom. The van der Waals surface area contributed by atoms with Crippen molar-refractivity contribution < 1.29 is 8.78 Å². The first-order valence-electron chi connectivity index (χ1n) is 7.50. The Kier molecular flexibility index (Phi) is 7.70. The minimum atomic E-state index is -0.375. The third-order valence-electron chi connectivity index (χ3n) is 3.66. The molecule has 1 unspecified atom stereocenters. The van der Waals surface area contributed by atoms with Gasteiger partial charge >= 0.3 is 0 Å². The number of rotatable bonds is 9. The van der Waals surface area contributed by atoms with Gasteiger partial charge in [0.05, 0.1) is 0 Å². The summed E-state index contributed by atoms with van der Waals surface area (Å²) in [5.41, 5.74) is 0.454. The molecule has 114 valence electrons. The van der Waals surface area contributed by atoms with Crippen molar-refractivity contribution in [1.29, 1.82) is 0 Å². The van der Waals surface area contributed by atoms with Crippen LogP contribution in [0.25, 0.3) is 0 Å². The van der Waals surface area contributed by atoms with Crippen LogP contribution in [0.15, 0.2) is 18.2 Å². The number of benzene rings is 1. The van der Waals surface area contributed by atoms with Crippen LogP contribution in [0.2, 0.25) is 0 Å². The van der Waals surface area contributed by atoms with Gasteiger partial charge in [-0.05, 0) is 62.8 Å². The topological polar surface area (TPSA) is 15.3 Å². The van der Waals surface area contributed by atoms with Gasteiger partial charge in [-0.2, -0.15) is 0 Å². The summed E-state index contributed by atoms with van der Waals surface area (Å²) >= 11 is 0. The lowest BCUT2D eigenvalue weighted by Crippen LogP contribution is -2.36. The van der Waals surface area contributed by atoms with Crippen molar-refractivity contribution in [3.05, 3.63) is 35.4 Å². The van der Waals surface area contributed by atoms with E-state index in [4.69, 9.17) is 0 Å². The highest BCUT2D eigenvalue weighted by Gasteiger charge is 2.13. The molecule has 0 spiro atoms. The second kappa shape index (κ2) is 9.03. The van der Waals surface area contributed by atoms with Gasteiger partial charge in [0.25, 0.3) is 0 Å². The Morgan fingerprint density at radius 2 is 1.85 bits per heavy atom. The summed E-state index contributed by atoms with van der Waals surface area (Å²) in [5, 5.41) is 3.37. The molecule has 2 nitrogen and oxygen atoms in total. The summed E-state index contributed by atoms with van der Waals surface area (Å²) in [7, 11) is 0. The first-order valence-corrected chi connectivity index (χ1v) is 7.50. The number of hydrogen-bond acceptors (Lipinski definition) is 2. The fraction of sp³-hybridized carbons (Fsp3) is 0.625. The molecule has 0 aliphatic rings. The molecule has 1 aromatic carbocycles. The first-order chi connectivity index (χ1) is 9.60. The molecular weight excluding hydrogens is 258 g/mol. The molecule has 0 aromatic heterocycles. The highest BCUT2D eigenvalue weighted by Crippen LogP contribution is 2.13. The Morgan fingerprint density at radius 1 is 1.15 bits per heavy atom. The molecule has 1 atom stereocenters. The quantitative estimate of drug-likeness (QED) is 0.749. The molecule has 0 heterocycles. The molecule has 0 aliphatic heterocycles. The van der Waals surface area contributed by atoms with E-state index in [1.807, 2.05) is 6.92 Å². The summed E-state index contributed by atoms with van der Waals surface area (Å²) in [6.45, 7) is 10.1. The van der Waals surface area contributed by atoms with E-state index in [1.54, 1.807) is 0 Å². The van der Waals surface area contributed by atoms with Crippen molar-refractivity contribution in [1.82, 2.24) is 10.2 Å². The van der Waals surface area contributed by atoms with Crippen molar-refractivity contribution in [2.45, 2.75) is 39.7 Å². The van der Waals surface area contributed by atoms with Crippen molar-refractivity contribution in [3.8, 4) is 0 Å². The number of hydrogen-bond donors (Lipinski definition) is 1. The molecule has 0 amide bonds. The van der Waals surface area contributed by atoms with Crippen molar-refractivity contribution in [3.63, 3.8) is 0 Å². The minimum Gasteiger partial charge on any atom is -0.314 e. The predicted molar refractivity (Wildman–Crippen MR) is 79.9 cm³/mol. The molecule has 1 aromatic rings. The number of nitrogens with zero attached hydrogens (tertiary/aromatic N) is 1. The van der Waals surface area contributed by atoms with Crippen LogP contribution in [0.1, 0.15) is 32.8 Å². The number of nitrogens with one attached hydrogen (secondary N) is 1. The third-order valence-corrected chi connectivity index (χ3v) is 3.66. The number of halogens is 2. The van der Waals surface area contributed by atoms with Gasteiger partial charge in [0, 0.05) is 6.04 Å². The zero-order valence-electron chi connectivity index (χ0n) is 12.8. The van der Waals surface area contributed by atoms with Gasteiger partial charge in [0.15, 0.2) is 0 Å². The molecule has 20 heavy (non-hydrogen) atoms. The summed E-state index contributed by atoms with van der Waals surface area (Å²) in [4.78, 5) is 2.34. The molecular formula is C16H26F2N2. The third kappa shape index (κ3) is 5.55. The van der Waals surface area contributed by atoms with Gasteiger partial charge in [-0.1, -0.05) is 20.8 Å². The first kappa shape index (κ1) is 17.1. The Balaban J connectivity index is 2.64. The van der Waals surface area contributed by atoms with Crippen LogP contribution >= 0.6 is 0 Å². The summed E-state index contributed by atoms with van der Waals surface area (Å²) in [5.74, 6) is -0.697. The maximum absolute atomic E-state index is 13.7. The van der Waals surface area contributed by atoms with E-state index >= 15 is 0 Å². The van der Waals surface area contributed by atoms with Gasteiger partial charge in [0.2, 0.25) is 0 Å². The van der Waals surface area contributed by atoms with Crippen LogP contribution in [0.3, 0.4) is 0 Å². The molecule has 0 radical (unpaired) electrons. The van der Waals surface area contributed by atoms with Gasteiger partial charge in [0.1, 0.15) is 11.6 Å². The molecule has 0 fully saturated rings.